The number of allylic oxidation sites excluding steroid dienone is 2. The lowest BCUT2D eigenvalue weighted by Crippen LogP contribution is -2.29. The second kappa shape index (κ2) is 2.67. The average molecular weight is 228 g/mol. The SMILES string of the molecule is CC1(C)SC2=C(SC(C)(C)C2=O)C1=O. The highest BCUT2D eigenvalue weighted by molar-refractivity contribution is 8.13. The smallest absolute Gasteiger partial charge is 0.186 e. The molecule has 0 N–H and O–H groups in total. The van der Waals surface area contributed by atoms with Crippen molar-refractivity contribution in [2.24, 2.45) is 0 Å². The van der Waals surface area contributed by atoms with Crippen LogP contribution in [0, 0.1) is 0 Å². The predicted octanol–water partition coefficient (Wildman–Crippen LogP) is 2.39. The molecule has 2 nitrogen and oxygen atoms in total. The van der Waals surface area contributed by atoms with Crippen LogP contribution in [0.25, 0.3) is 0 Å². The average Bonchev–Trinajstić information content (AvgIpc) is 2.37. The first-order chi connectivity index (χ1) is 6.26. The van der Waals surface area contributed by atoms with Gasteiger partial charge in [0.2, 0.25) is 0 Å². The van der Waals surface area contributed by atoms with Crippen LogP contribution in [-0.2, 0) is 9.59 Å². The van der Waals surface area contributed by atoms with Gasteiger partial charge in [-0.05, 0) is 27.7 Å². The molecule has 14 heavy (non-hydrogen) atoms. The molecule has 0 aliphatic carbocycles. The predicted molar refractivity (Wildman–Crippen MR) is 60.4 cm³/mol. The van der Waals surface area contributed by atoms with E-state index in [1.54, 1.807) is 0 Å². The molecule has 0 aromatic rings. The number of carbonyl (C=O) groups is 2. The number of thioether (sulfide) groups is 2. The number of hydrogen-bond acceptors (Lipinski definition) is 4. The van der Waals surface area contributed by atoms with Crippen LogP contribution in [0.15, 0.2) is 9.81 Å². The molecule has 2 aliphatic rings. The summed E-state index contributed by atoms with van der Waals surface area (Å²) in [4.78, 5) is 25.2. The molecule has 0 unspecified atom stereocenters. The third kappa shape index (κ3) is 1.20. The molecule has 0 saturated carbocycles. The molecule has 0 aromatic heterocycles. The molecule has 76 valence electrons. The second-order valence-corrected chi connectivity index (χ2v) is 7.81. The zero-order valence-electron chi connectivity index (χ0n) is 8.63. The highest BCUT2D eigenvalue weighted by atomic mass is 32.2. The molecule has 0 spiro atoms. The molecule has 4 heteroatoms. The Morgan fingerprint density at radius 2 is 1.07 bits per heavy atom. The van der Waals surface area contributed by atoms with Gasteiger partial charge >= 0.3 is 0 Å². The summed E-state index contributed by atoms with van der Waals surface area (Å²) in [6, 6.07) is 0. The van der Waals surface area contributed by atoms with E-state index in [0.717, 1.165) is 0 Å². The van der Waals surface area contributed by atoms with Crippen LogP contribution in [0.4, 0.5) is 0 Å². The molecule has 0 amide bonds. The lowest BCUT2D eigenvalue weighted by Gasteiger charge is -2.21. The third-order valence-corrected chi connectivity index (χ3v) is 5.13. The van der Waals surface area contributed by atoms with Gasteiger partial charge in [0.25, 0.3) is 0 Å². The van der Waals surface area contributed by atoms with E-state index in [9.17, 15) is 9.59 Å². The van der Waals surface area contributed by atoms with Crippen LogP contribution in [0.2, 0.25) is 0 Å². The van der Waals surface area contributed by atoms with Gasteiger partial charge < -0.3 is 0 Å². The quantitative estimate of drug-likeness (QED) is 0.637. The first kappa shape index (κ1) is 10.3. The minimum atomic E-state index is -0.441. The van der Waals surface area contributed by atoms with Crippen LogP contribution < -0.4 is 0 Å². The summed E-state index contributed by atoms with van der Waals surface area (Å²) in [5.41, 5.74) is 0. The highest BCUT2D eigenvalue weighted by Crippen LogP contribution is 2.56. The fraction of sp³-hybridized carbons (Fsp3) is 0.600. The van der Waals surface area contributed by atoms with Gasteiger partial charge in [-0.15, -0.1) is 23.5 Å². The zero-order chi connectivity index (χ0) is 10.7. The molecule has 2 heterocycles. The molecular weight excluding hydrogens is 216 g/mol. The van der Waals surface area contributed by atoms with Gasteiger partial charge in [0, 0.05) is 0 Å². The Bertz CT molecular complexity index is 342. The monoisotopic (exact) mass is 228 g/mol. The second-order valence-electron chi connectivity index (χ2n) is 4.54. The summed E-state index contributed by atoms with van der Waals surface area (Å²) in [6.07, 6.45) is 0. The summed E-state index contributed by atoms with van der Waals surface area (Å²) in [5.74, 6) is 0.225. The topological polar surface area (TPSA) is 34.1 Å². The largest absolute Gasteiger partial charge is 0.292 e. The fourth-order valence-electron chi connectivity index (χ4n) is 1.54. The Morgan fingerprint density at radius 3 is 1.36 bits per heavy atom. The maximum atomic E-state index is 11.9. The van der Waals surface area contributed by atoms with Gasteiger partial charge in [-0.3, -0.25) is 9.59 Å². The Hall–Kier alpha value is -0.220. The van der Waals surface area contributed by atoms with Crippen molar-refractivity contribution >= 4 is 35.1 Å². The van der Waals surface area contributed by atoms with E-state index in [0.29, 0.717) is 9.81 Å². The lowest BCUT2D eigenvalue weighted by molar-refractivity contribution is -0.117. The van der Waals surface area contributed by atoms with Gasteiger partial charge in [0.05, 0.1) is 19.3 Å². The summed E-state index contributed by atoms with van der Waals surface area (Å²) in [7, 11) is 0. The summed E-state index contributed by atoms with van der Waals surface area (Å²) >= 11 is 2.83. The van der Waals surface area contributed by atoms with E-state index in [1.807, 2.05) is 27.7 Å². The van der Waals surface area contributed by atoms with Crippen LogP contribution in [0.3, 0.4) is 0 Å². The van der Waals surface area contributed by atoms with Gasteiger partial charge in [0.1, 0.15) is 0 Å². The number of hydrogen-bond donors (Lipinski definition) is 0. The number of rotatable bonds is 0. The Morgan fingerprint density at radius 1 is 0.786 bits per heavy atom. The Kier molecular flexibility index (Phi) is 1.96. The molecule has 2 aliphatic heterocycles. The molecule has 0 saturated heterocycles. The summed E-state index contributed by atoms with van der Waals surface area (Å²) < 4.78 is -0.881. The minimum Gasteiger partial charge on any atom is -0.292 e. The summed E-state index contributed by atoms with van der Waals surface area (Å²) in [5, 5.41) is 0. The van der Waals surface area contributed by atoms with Crippen molar-refractivity contribution in [2.45, 2.75) is 37.2 Å². The molecule has 0 radical (unpaired) electrons. The lowest BCUT2D eigenvalue weighted by atomic mass is 10.1. The molecule has 0 bridgehead atoms. The van der Waals surface area contributed by atoms with E-state index in [-0.39, 0.29) is 11.6 Å². The van der Waals surface area contributed by atoms with Crippen molar-refractivity contribution in [3.63, 3.8) is 0 Å². The van der Waals surface area contributed by atoms with Crippen molar-refractivity contribution in [3.05, 3.63) is 9.81 Å². The van der Waals surface area contributed by atoms with Crippen molar-refractivity contribution in [1.82, 2.24) is 0 Å². The van der Waals surface area contributed by atoms with Crippen LogP contribution in [-0.4, -0.2) is 21.1 Å². The fourth-order valence-corrected chi connectivity index (χ4v) is 4.40. The van der Waals surface area contributed by atoms with E-state index >= 15 is 0 Å². The number of carbonyl (C=O) groups excluding carboxylic acids is 2. The van der Waals surface area contributed by atoms with Crippen LogP contribution >= 0.6 is 23.5 Å². The van der Waals surface area contributed by atoms with E-state index in [1.165, 1.54) is 23.5 Å². The summed E-state index contributed by atoms with van der Waals surface area (Å²) in [6.45, 7) is 7.50. The van der Waals surface area contributed by atoms with Crippen LogP contribution in [0.1, 0.15) is 27.7 Å². The molecule has 0 aromatic carbocycles. The van der Waals surface area contributed by atoms with E-state index in [2.05, 4.69) is 0 Å². The molecule has 0 atom stereocenters. The standard InChI is InChI=1S/C10H12O2S2/c1-9(2)7(11)5-6(13-9)8(12)10(3,4)14-5/h1-4H3. The highest BCUT2D eigenvalue weighted by Gasteiger charge is 2.52. The van der Waals surface area contributed by atoms with Crippen molar-refractivity contribution < 1.29 is 9.59 Å². The first-order valence-corrected chi connectivity index (χ1v) is 6.11. The Labute approximate surface area is 91.9 Å². The first-order valence-electron chi connectivity index (χ1n) is 4.47. The maximum absolute atomic E-state index is 11.9. The van der Waals surface area contributed by atoms with Gasteiger partial charge in [-0.2, -0.15) is 0 Å². The number of Topliss-reactive ketones (excluding diaryl/α,β-unsaturated/α-hetero) is 2. The van der Waals surface area contributed by atoms with E-state index in [4.69, 9.17) is 0 Å². The van der Waals surface area contributed by atoms with Crippen molar-refractivity contribution in [1.29, 1.82) is 0 Å². The zero-order valence-corrected chi connectivity index (χ0v) is 10.3. The van der Waals surface area contributed by atoms with Gasteiger partial charge in [-0.1, -0.05) is 0 Å². The molecule has 0 fully saturated rings. The van der Waals surface area contributed by atoms with Gasteiger partial charge in [-0.25, -0.2) is 0 Å². The maximum Gasteiger partial charge on any atom is 0.186 e. The van der Waals surface area contributed by atoms with Gasteiger partial charge in [0.15, 0.2) is 11.6 Å². The number of ketones is 2. The molecular formula is C10H12O2S2. The Balaban J connectivity index is 2.42. The molecule has 2 rings (SSSR count). The van der Waals surface area contributed by atoms with E-state index < -0.39 is 9.49 Å². The third-order valence-electron chi connectivity index (χ3n) is 2.43. The van der Waals surface area contributed by atoms with Crippen molar-refractivity contribution in [2.75, 3.05) is 0 Å². The van der Waals surface area contributed by atoms with Crippen molar-refractivity contribution in [3.8, 4) is 0 Å². The minimum absolute atomic E-state index is 0.112. The van der Waals surface area contributed by atoms with Crippen LogP contribution in [0.5, 0.6) is 0 Å². The normalized spacial score (nSPS) is 28.6.